The Morgan fingerprint density at radius 3 is 2.56 bits per heavy atom. The maximum Gasteiger partial charge on any atom is 0.115 e. The summed E-state index contributed by atoms with van der Waals surface area (Å²) < 4.78 is 1.81. The number of aromatic nitrogens is 2. The summed E-state index contributed by atoms with van der Waals surface area (Å²) in [6, 6.07) is 12.7. The van der Waals surface area contributed by atoms with Crippen LogP contribution in [0.2, 0.25) is 5.02 Å². The fourth-order valence-corrected chi connectivity index (χ4v) is 2.23. The fourth-order valence-electron chi connectivity index (χ4n) is 2.06. The van der Waals surface area contributed by atoms with Crippen molar-refractivity contribution in [3.63, 3.8) is 0 Å². The normalized spacial score (nSPS) is 11.0. The lowest BCUT2D eigenvalue weighted by molar-refractivity contribution is 0.475. The van der Waals surface area contributed by atoms with Crippen LogP contribution in [-0.4, -0.2) is 14.9 Å². The number of hydrogen-bond acceptors (Lipinski definition) is 2. The molecule has 0 unspecified atom stereocenters. The number of hydrogen-bond donors (Lipinski definition) is 1. The Bertz CT molecular complexity index is 716. The number of aromatic hydroxyl groups is 1. The first-order chi connectivity index (χ1) is 8.65. The predicted molar refractivity (Wildman–Crippen MR) is 72.8 cm³/mol. The van der Waals surface area contributed by atoms with E-state index in [0.29, 0.717) is 5.02 Å². The highest BCUT2D eigenvalue weighted by molar-refractivity contribution is 6.31. The van der Waals surface area contributed by atoms with Crippen LogP contribution in [0.4, 0.5) is 0 Å². The summed E-state index contributed by atoms with van der Waals surface area (Å²) >= 11 is 5.99. The van der Waals surface area contributed by atoms with Gasteiger partial charge in [-0.1, -0.05) is 11.6 Å². The first-order valence-electron chi connectivity index (χ1n) is 5.57. The summed E-state index contributed by atoms with van der Waals surface area (Å²) in [7, 11) is 1.89. The molecule has 1 N–H and O–H groups in total. The highest BCUT2D eigenvalue weighted by Crippen LogP contribution is 2.30. The number of nitrogens with zero attached hydrogens (tertiary/aromatic N) is 2. The van der Waals surface area contributed by atoms with Gasteiger partial charge in [-0.2, -0.15) is 5.10 Å². The predicted octanol–water partition coefficient (Wildman–Crippen LogP) is 3.60. The van der Waals surface area contributed by atoms with Gasteiger partial charge in [-0.3, -0.25) is 4.68 Å². The molecule has 0 aliphatic heterocycles. The van der Waals surface area contributed by atoms with Crippen LogP contribution in [0.25, 0.3) is 22.2 Å². The number of halogens is 1. The minimum Gasteiger partial charge on any atom is -0.508 e. The van der Waals surface area contributed by atoms with Gasteiger partial charge in [-0.25, -0.2) is 0 Å². The van der Waals surface area contributed by atoms with Crippen molar-refractivity contribution >= 4 is 22.5 Å². The van der Waals surface area contributed by atoms with Crippen molar-refractivity contribution in [3.8, 4) is 17.0 Å². The molecule has 3 nitrogen and oxygen atoms in total. The zero-order chi connectivity index (χ0) is 12.7. The summed E-state index contributed by atoms with van der Waals surface area (Å²) in [5.74, 6) is 0.252. The third-order valence-corrected chi connectivity index (χ3v) is 3.19. The smallest absolute Gasteiger partial charge is 0.115 e. The lowest BCUT2D eigenvalue weighted by Gasteiger charge is -1.98. The fraction of sp³-hybridized carbons (Fsp3) is 0.0714. The molecular formula is C14H11ClN2O. The van der Waals surface area contributed by atoms with Crippen LogP contribution < -0.4 is 0 Å². The molecule has 3 aromatic rings. The largest absolute Gasteiger partial charge is 0.508 e. The molecule has 18 heavy (non-hydrogen) atoms. The molecule has 2 aromatic carbocycles. The molecule has 0 amide bonds. The van der Waals surface area contributed by atoms with Gasteiger partial charge in [-0.05, 0) is 42.5 Å². The zero-order valence-electron chi connectivity index (χ0n) is 9.76. The third kappa shape index (κ3) is 1.73. The van der Waals surface area contributed by atoms with Gasteiger partial charge < -0.3 is 5.11 Å². The topological polar surface area (TPSA) is 38.0 Å². The first kappa shape index (κ1) is 11.1. The minimum atomic E-state index is 0.252. The van der Waals surface area contributed by atoms with Gasteiger partial charge in [0.05, 0.1) is 5.52 Å². The number of benzene rings is 2. The molecule has 0 atom stereocenters. The van der Waals surface area contributed by atoms with Crippen LogP contribution in [0.15, 0.2) is 42.5 Å². The van der Waals surface area contributed by atoms with E-state index in [0.717, 1.165) is 22.2 Å². The van der Waals surface area contributed by atoms with Gasteiger partial charge >= 0.3 is 0 Å². The van der Waals surface area contributed by atoms with E-state index in [4.69, 9.17) is 11.6 Å². The number of phenols is 1. The summed E-state index contributed by atoms with van der Waals surface area (Å²) in [6.07, 6.45) is 0. The van der Waals surface area contributed by atoms with Gasteiger partial charge in [0.25, 0.3) is 0 Å². The van der Waals surface area contributed by atoms with Crippen molar-refractivity contribution in [1.29, 1.82) is 0 Å². The van der Waals surface area contributed by atoms with E-state index in [-0.39, 0.29) is 5.75 Å². The molecule has 0 radical (unpaired) electrons. The lowest BCUT2D eigenvalue weighted by Crippen LogP contribution is -1.89. The van der Waals surface area contributed by atoms with Crippen LogP contribution in [0.1, 0.15) is 0 Å². The molecular weight excluding hydrogens is 248 g/mol. The number of aryl methyl sites for hydroxylation is 1. The van der Waals surface area contributed by atoms with Crippen LogP contribution in [0.5, 0.6) is 5.75 Å². The number of rotatable bonds is 1. The van der Waals surface area contributed by atoms with Crippen molar-refractivity contribution < 1.29 is 5.11 Å². The Balaban J connectivity index is 2.26. The maximum atomic E-state index is 9.32. The second kappa shape index (κ2) is 4.03. The third-order valence-electron chi connectivity index (χ3n) is 2.95. The Hall–Kier alpha value is -2.00. The second-order valence-corrected chi connectivity index (χ2v) is 4.62. The highest BCUT2D eigenvalue weighted by Gasteiger charge is 2.10. The van der Waals surface area contributed by atoms with Crippen molar-refractivity contribution in [2.24, 2.45) is 7.05 Å². The summed E-state index contributed by atoms with van der Waals surface area (Å²) in [6.45, 7) is 0. The lowest BCUT2D eigenvalue weighted by atomic mass is 10.1. The van der Waals surface area contributed by atoms with Crippen molar-refractivity contribution in [2.75, 3.05) is 0 Å². The molecule has 0 aliphatic rings. The van der Waals surface area contributed by atoms with Gasteiger partial charge in [-0.15, -0.1) is 0 Å². The molecule has 0 saturated carbocycles. The van der Waals surface area contributed by atoms with Crippen LogP contribution in [0.3, 0.4) is 0 Å². The van der Waals surface area contributed by atoms with Crippen molar-refractivity contribution in [1.82, 2.24) is 9.78 Å². The molecule has 90 valence electrons. The number of phenolic OH excluding ortho intramolecular Hbond substituents is 1. The van der Waals surface area contributed by atoms with Gasteiger partial charge in [0, 0.05) is 23.0 Å². The highest BCUT2D eigenvalue weighted by atomic mass is 35.5. The molecule has 0 saturated heterocycles. The molecule has 0 aliphatic carbocycles. The quantitative estimate of drug-likeness (QED) is 0.724. The van der Waals surface area contributed by atoms with Crippen LogP contribution >= 0.6 is 11.6 Å². The van der Waals surface area contributed by atoms with E-state index >= 15 is 0 Å². The SMILES string of the molecule is Cn1nc(-c2ccc(O)cc2)c2ccc(Cl)cc21. The van der Waals surface area contributed by atoms with E-state index in [1.165, 1.54) is 0 Å². The molecule has 1 aromatic heterocycles. The second-order valence-electron chi connectivity index (χ2n) is 4.18. The standard InChI is InChI=1S/C14H11ClN2O/c1-17-13-8-10(15)4-7-12(13)14(16-17)9-2-5-11(18)6-3-9/h2-8,18H,1H3. The van der Waals surface area contributed by atoms with E-state index in [1.54, 1.807) is 12.1 Å². The van der Waals surface area contributed by atoms with Gasteiger partial charge in [0.1, 0.15) is 11.4 Å². The van der Waals surface area contributed by atoms with Gasteiger partial charge in [0.2, 0.25) is 0 Å². The van der Waals surface area contributed by atoms with Crippen molar-refractivity contribution in [3.05, 3.63) is 47.5 Å². The zero-order valence-corrected chi connectivity index (χ0v) is 10.5. The molecule has 1 heterocycles. The Morgan fingerprint density at radius 1 is 1.11 bits per heavy atom. The van der Waals surface area contributed by atoms with Crippen molar-refractivity contribution in [2.45, 2.75) is 0 Å². The molecule has 4 heteroatoms. The van der Waals surface area contributed by atoms with E-state index in [2.05, 4.69) is 5.10 Å². The van der Waals surface area contributed by atoms with E-state index in [9.17, 15) is 5.11 Å². The summed E-state index contributed by atoms with van der Waals surface area (Å²) in [5, 5.41) is 15.6. The Morgan fingerprint density at radius 2 is 1.83 bits per heavy atom. The number of fused-ring (bicyclic) bond motifs is 1. The molecule has 0 spiro atoms. The first-order valence-corrected chi connectivity index (χ1v) is 5.94. The van der Waals surface area contributed by atoms with E-state index < -0.39 is 0 Å². The molecule has 0 bridgehead atoms. The van der Waals surface area contributed by atoms with Crippen LogP contribution in [-0.2, 0) is 7.05 Å². The molecule has 3 rings (SSSR count). The average Bonchev–Trinajstić information content (AvgIpc) is 2.68. The molecule has 0 fully saturated rings. The summed E-state index contributed by atoms with van der Waals surface area (Å²) in [5.41, 5.74) is 2.86. The Labute approximate surface area is 109 Å². The van der Waals surface area contributed by atoms with E-state index in [1.807, 2.05) is 42.1 Å². The Kier molecular flexibility index (Phi) is 2.49. The van der Waals surface area contributed by atoms with Crippen LogP contribution in [0, 0.1) is 0 Å². The average molecular weight is 259 g/mol. The van der Waals surface area contributed by atoms with Gasteiger partial charge in [0.15, 0.2) is 0 Å². The minimum absolute atomic E-state index is 0.252. The summed E-state index contributed by atoms with van der Waals surface area (Å²) in [4.78, 5) is 0. The monoisotopic (exact) mass is 258 g/mol. The maximum absolute atomic E-state index is 9.32.